The molecule has 0 unspecified atom stereocenters. The molecule has 1 aromatic heterocycles. The number of halogens is 1. The Morgan fingerprint density at radius 2 is 1.73 bits per heavy atom. The lowest BCUT2D eigenvalue weighted by molar-refractivity contribution is 0.533. The summed E-state index contributed by atoms with van der Waals surface area (Å²) in [7, 11) is 0. The van der Waals surface area contributed by atoms with Gasteiger partial charge in [0.15, 0.2) is 0 Å². The fourth-order valence-corrected chi connectivity index (χ4v) is 3.01. The number of H-pyrrole nitrogens is 1. The van der Waals surface area contributed by atoms with Gasteiger partial charge in [0, 0.05) is 13.0 Å². The maximum absolute atomic E-state index is 11.9. The average molecular weight is 326 g/mol. The van der Waals surface area contributed by atoms with Crippen molar-refractivity contribution in [2.24, 2.45) is 4.99 Å². The summed E-state index contributed by atoms with van der Waals surface area (Å²) in [5, 5.41) is 0.371. The van der Waals surface area contributed by atoms with Crippen molar-refractivity contribution in [3.05, 3.63) is 26.4 Å². The van der Waals surface area contributed by atoms with Gasteiger partial charge < -0.3 is 0 Å². The quantitative estimate of drug-likeness (QED) is 0.706. The van der Waals surface area contributed by atoms with Gasteiger partial charge in [-0.25, -0.2) is 9.79 Å². The molecule has 1 aliphatic heterocycles. The fourth-order valence-electron chi connectivity index (χ4n) is 2.80. The topological polar surface area (TPSA) is 67.2 Å². The van der Waals surface area contributed by atoms with E-state index < -0.39 is 0 Å². The highest BCUT2D eigenvalue weighted by Crippen LogP contribution is 2.23. The van der Waals surface area contributed by atoms with Gasteiger partial charge in [-0.15, -0.1) is 0 Å². The van der Waals surface area contributed by atoms with Crippen LogP contribution in [-0.4, -0.2) is 14.7 Å². The van der Waals surface area contributed by atoms with E-state index in [2.05, 4.69) is 16.9 Å². The van der Waals surface area contributed by atoms with Crippen LogP contribution in [0, 0.1) is 0 Å². The van der Waals surface area contributed by atoms with Crippen molar-refractivity contribution in [2.45, 2.75) is 71.3 Å². The van der Waals surface area contributed by atoms with Gasteiger partial charge in [-0.2, -0.15) is 0 Å². The van der Waals surface area contributed by atoms with Crippen LogP contribution >= 0.6 is 11.6 Å². The number of aromatic nitrogens is 2. The summed E-state index contributed by atoms with van der Waals surface area (Å²) in [6, 6.07) is 0. The second-order valence-corrected chi connectivity index (χ2v) is 6.29. The molecule has 2 heterocycles. The molecule has 22 heavy (non-hydrogen) atoms. The molecule has 0 radical (unpaired) electrons. The second kappa shape index (κ2) is 8.32. The van der Waals surface area contributed by atoms with E-state index in [1.165, 1.54) is 38.5 Å². The highest BCUT2D eigenvalue weighted by molar-refractivity contribution is 6.66. The highest BCUT2D eigenvalue weighted by atomic mass is 35.5. The molecule has 0 fully saturated rings. The minimum Gasteiger partial charge on any atom is -0.278 e. The molecule has 1 N–H and O–H groups in total. The van der Waals surface area contributed by atoms with Crippen LogP contribution in [0.4, 0.5) is 5.82 Å². The molecule has 0 bridgehead atoms. The molecule has 5 nitrogen and oxygen atoms in total. The van der Waals surface area contributed by atoms with E-state index >= 15 is 0 Å². The summed E-state index contributed by atoms with van der Waals surface area (Å²) in [5.41, 5.74) is -0.252. The summed E-state index contributed by atoms with van der Waals surface area (Å²) < 4.78 is 1.54. The zero-order valence-corrected chi connectivity index (χ0v) is 13.9. The van der Waals surface area contributed by atoms with Gasteiger partial charge in [-0.1, -0.05) is 63.5 Å². The minimum atomic E-state index is -0.387. The van der Waals surface area contributed by atoms with Gasteiger partial charge in [-0.05, 0) is 6.42 Å². The maximum Gasteiger partial charge on any atom is 0.329 e. The molecule has 2 rings (SSSR count). The summed E-state index contributed by atoms with van der Waals surface area (Å²) in [5.74, 6) is 0.446. The SMILES string of the molecule is CCCCCCCCCCn1c2c(c(=O)[nH]c1=O)CC(Cl)=N2. The summed E-state index contributed by atoms with van der Waals surface area (Å²) in [6.45, 7) is 2.80. The summed E-state index contributed by atoms with van der Waals surface area (Å²) >= 11 is 5.90. The molecule has 122 valence electrons. The summed E-state index contributed by atoms with van der Waals surface area (Å²) in [6.07, 6.45) is 9.96. The molecule has 0 saturated carbocycles. The minimum absolute atomic E-state index is 0.323. The van der Waals surface area contributed by atoms with Crippen LogP contribution in [0.3, 0.4) is 0 Å². The predicted molar refractivity (Wildman–Crippen MR) is 90.6 cm³/mol. The van der Waals surface area contributed by atoms with Crippen molar-refractivity contribution >= 4 is 22.6 Å². The van der Waals surface area contributed by atoms with Crippen LogP contribution in [0.1, 0.15) is 63.9 Å². The van der Waals surface area contributed by atoms with E-state index in [0.29, 0.717) is 29.5 Å². The van der Waals surface area contributed by atoms with Crippen molar-refractivity contribution in [1.29, 1.82) is 0 Å². The van der Waals surface area contributed by atoms with Gasteiger partial charge in [-0.3, -0.25) is 14.3 Å². The number of rotatable bonds is 9. The maximum atomic E-state index is 11.9. The second-order valence-electron chi connectivity index (χ2n) is 5.85. The smallest absolute Gasteiger partial charge is 0.278 e. The summed E-state index contributed by atoms with van der Waals surface area (Å²) in [4.78, 5) is 30.2. The number of nitrogens with one attached hydrogen (secondary N) is 1. The number of hydrogen-bond acceptors (Lipinski definition) is 3. The third-order valence-electron chi connectivity index (χ3n) is 4.05. The number of aromatic amines is 1. The highest BCUT2D eigenvalue weighted by Gasteiger charge is 2.21. The largest absolute Gasteiger partial charge is 0.329 e. The van der Waals surface area contributed by atoms with Gasteiger partial charge >= 0.3 is 5.69 Å². The molecule has 0 atom stereocenters. The normalized spacial score (nSPS) is 13.3. The molecule has 1 aliphatic rings. The van der Waals surface area contributed by atoms with Crippen LogP contribution in [0.2, 0.25) is 0 Å². The Bertz CT molecular complexity index is 646. The van der Waals surface area contributed by atoms with Gasteiger partial charge in [0.05, 0.1) is 5.56 Å². The van der Waals surface area contributed by atoms with Gasteiger partial charge in [0.1, 0.15) is 11.0 Å². The standard InChI is InChI=1S/C16H24ClN3O2/c1-2-3-4-5-6-7-8-9-10-20-14-12(11-13(17)18-14)15(21)19-16(20)22/h2-11H2,1H3,(H,19,21,22). The molecule has 0 aliphatic carbocycles. The number of unbranched alkanes of at least 4 members (excludes halogenated alkanes) is 7. The van der Waals surface area contributed by atoms with Crippen LogP contribution in [0.25, 0.3) is 0 Å². The Labute approximate surface area is 135 Å². The zero-order valence-electron chi connectivity index (χ0n) is 13.2. The number of aliphatic imine (C=N–C) groups is 1. The first kappa shape index (κ1) is 17.0. The lowest BCUT2D eigenvalue weighted by Gasteiger charge is -2.09. The Kier molecular flexibility index (Phi) is 6.43. The first-order chi connectivity index (χ1) is 10.6. The third kappa shape index (κ3) is 4.32. The number of fused-ring (bicyclic) bond motifs is 1. The zero-order chi connectivity index (χ0) is 15.9. The monoisotopic (exact) mass is 325 g/mol. The molecule has 0 spiro atoms. The Balaban J connectivity index is 1.85. The molecule has 0 amide bonds. The Hall–Kier alpha value is -1.36. The van der Waals surface area contributed by atoms with Crippen LogP contribution in [0.5, 0.6) is 0 Å². The van der Waals surface area contributed by atoms with Crippen molar-refractivity contribution in [2.75, 3.05) is 0 Å². The predicted octanol–water partition coefficient (Wildman–Crippen LogP) is 3.50. The van der Waals surface area contributed by atoms with E-state index in [4.69, 9.17) is 11.6 Å². The van der Waals surface area contributed by atoms with Crippen LogP contribution in [0.15, 0.2) is 14.6 Å². The average Bonchev–Trinajstić information content (AvgIpc) is 2.87. The van der Waals surface area contributed by atoms with Crippen LogP contribution < -0.4 is 11.2 Å². The van der Waals surface area contributed by atoms with E-state index in [1.807, 2.05) is 0 Å². The van der Waals surface area contributed by atoms with E-state index in [-0.39, 0.29) is 11.2 Å². The van der Waals surface area contributed by atoms with Crippen molar-refractivity contribution < 1.29 is 0 Å². The molecule has 0 aromatic carbocycles. The lowest BCUT2D eigenvalue weighted by atomic mass is 10.1. The molecule has 6 heteroatoms. The fraction of sp³-hybridized carbons (Fsp3) is 0.688. The molecule has 1 aromatic rings. The van der Waals surface area contributed by atoms with E-state index in [0.717, 1.165) is 12.8 Å². The molecular formula is C16H24ClN3O2. The van der Waals surface area contributed by atoms with Gasteiger partial charge in [0.2, 0.25) is 0 Å². The van der Waals surface area contributed by atoms with Crippen molar-refractivity contribution in [3.63, 3.8) is 0 Å². The van der Waals surface area contributed by atoms with Crippen LogP contribution in [-0.2, 0) is 13.0 Å². The number of nitrogens with zero attached hydrogens (tertiary/aromatic N) is 2. The van der Waals surface area contributed by atoms with Gasteiger partial charge in [0.25, 0.3) is 5.56 Å². The lowest BCUT2D eigenvalue weighted by Crippen LogP contribution is -2.31. The van der Waals surface area contributed by atoms with Crippen molar-refractivity contribution in [1.82, 2.24) is 9.55 Å². The first-order valence-electron chi connectivity index (χ1n) is 8.22. The third-order valence-corrected chi connectivity index (χ3v) is 4.27. The van der Waals surface area contributed by atoms with E-state index in [9.17, 15) is 9.59 Å². The molecule has 0 saturated heterocycles. The first-order valence-corrected chi connectivity index (χ1v) is 8.60. The Morgan fingerprint density at radius 3 is 2.41 bits per heavy atom. The van der Waals surface area contributed by atoms with Crippen molar-refractivity contribution in [3.8, 4) is 0 Å². The molecular weight excluding hydrogens is 302 g/mol. The van der Waals surface area contributed by atoms with E-state index in [1.54, 1.807) is 4.57 Å². The Morgan fingerprint density at radius 1 is 1.09 bits per heavy atom. The number of hydrogen-bond donors (Lipinski definition) is 1.